The van der Waals surface area contributed by atoms with E-state index in [2.05, 4.69) is 22.5 Å². The van der Waals surface area contributed by atoms with Gasteiger partial charge in [-0.25, -0.2) is 0 Å². The standard InChI is InChI=1S/C25H34N4O5/c1-5-28-9-7-8-16(28)12-26-25(32)22(15(3)4)27-24(31)18-13-29(6-2)19-11-21-20(33-14-34-21)10-17(19)23(18)30/h10-11,13,15-16,22H,5-9,12,14H2,1-4H3,(H,26,32)(H,27,31)/t16?,22-/m0/s1. The third kappa shape index (κ3) is 4.61. The lowest BCUT2D eigenvalue weighted by Crippen LogP contribution is -2.52. The number of pyridine rings is 1. The number of rotatable bonds is 8. The topological polar surface area (TPSA) is 102 Å². The Bertz CT molecular complexity index is 1140. The highest BCUT2D eigenvalue weighted by molar-refractivity contribution is 6.00. The molecule has 2 N–H and O–H groups in total. The van der Waals surface area contributed by atoms with Crippen molar-refractivity contribution in [3.63, 3.8) is 0 Å². The molecule has 9 nitrogen and oxygen atoms in total. The van der Waals surface area contributed by atoms with Gasteiger partial charge >= 0.3 is 0 Å². The third-order valence-electron chi connectivity index (χ3n) is 6.81. The van der Waals surface area contributed by atoms with Crippen molar-refractivity contribution in [1.82, 2.24) is 20.1 Å². The van der Waals surface area contributed by atoms with E-state index in [0.29, 0.717) is 41.5 Å². The average molecular weight is 471 g/mol. The van der Waals surface area contributed by atoms with Gasteiger partial charge in [0.15, 0.2) is 11.5 Å². The van der Waals surface area contributed by atoms with Crippen molar-refractivity contribution in [3.05, 3.63) is 34.1 Å². The summed E-state index contributed by atoms with van der Waals surface area (Å²) in [5.41, 5.74) is 0.270. The van der Waals surface area contributed by atoms with Crippen molar-refractivity contribution in [3.8, 4) is 11.5 Å². The van der Waals surface area contributed by atoms with Crippen LogP contribution >= 0.6 is 0 Å². The quantitative estimate of drug-likeness (QED) is 0.613. The molecule has 2 amide bonds. The second-order valence-electron chi connectivity index (χ2n) is 9.25. The van der Waals surface area contributed by atoms with Gasteiger partial charge < -0.3 is 24.7 Å². The van der Waals surface area contributed by atoms with Crippen molar-refractivity contribution in [2.24, 2.45) is 5.92 Å². The molecule has 2 aliphatic rings. The number of aryl methyl sites for hydroxylation is 1. The maximum atomic E-state index is 13.3. The van der Waals surface area contributed by atoms with E-state index in [1.165, 1.54) is 0 Å². The first-order valence-electron chi connectivity index (χ1n) is 12.1. The molecule has 0 saturated carbocycles. The summed E-state index contributed by atoms with van der Waals surface area (Å²) in [6.45, 7) is 11.0. The van der Waals surface area contributed by atoms with Crippen LogP contribution in [0.1, 0.15) is 50.9 Å². The predicted octanol–water partition coefficient (Wildman–Crippen LogP) is 2.10. The number of benzene rings is 1. The summed E-state index contributed by atoms with van der Waals surface area (Å²) in [6, 6.07) is 2.96. The minimum atomic E-state index is -0.745. The van der Waals surface area contributed by atoms with E-state index in [1.54, 1.807) is 18.3 Å². The molecule has 1 saturated heterocycles. The van der Waals surface area contributed by atoms with Crippen molar-refractivity contribution >= 4 is 22.7 Å². The molecule has 1 aromatic carbocycles. The van der Waals surface area contributed by atoms with Crippen LogP contribution in [0.3, 0.4) is 0 Å². The van der Waals surface area contributed by atoms with Crippen LogP contribution in [0.4, 0.5) is 0 Å². The van der Waals surface area contributed by atoms with Gasteiger partial charge in [-0.1, -0.05) is 20.8 Å². The number of fused-ring (bicyclic) bond motifs is 2. The van der Waals surface area contributed by atoms with E-state index >= 15 is 0 Å². The van der Waals surface area contributed by atoms with Crippen LogP contribution in [0.15, 0.2) is 23.1 Å². The maximum absolute atomic E-state index is 13.3. The number of carbonyl (C=O) groups excluding carboxylic acids is 2. The Kier molecular flexibility index (Phi) is 7.11. The molecule has 1 fully saturated rings. The van der Waals surface area contributed by atoms with Gasteiger partial charge in [-0.3, -0.25) is 19.3 Å². The van der Waals surface area contributed by atoms with Gasteiger partial charge in [0, 0.05) is 31.4 Å². The first-order chi connectivity index (χ1) is 16.3. The summed E-state index contributed by atoms with van der Waals surface area (Å²) in [7, 11) is 0. The number of nitrogens with zero attached hydrogens (tertiary/aromatic N) is 2. The highest BCUT2D eigenvalue weighted by Crippen LogP contribution is 2.35. The highest BCUT2D eigenvalue weighted by Gasteiger charge is 2.29. The third-order valence-corrected chi connectivity index (χ3v) is 6.81. The summed E-state index contributed by atoms with van der Waals surface area (Å²) >= 11 is 0. The fourth-order valence-electron chi connectivity index (χ4n) is 4.83. The average Bonchev–Trinajstić information content (AvgIpc) is 3.48. The van der Waals surface area contributed by atoms with E-state index in [0.717, 1.165) is 25.9 Å². The largest absolute Gasteiger partial charge is 0.454 e. The fraction of sp³-hybridized carbons (Fsp3) is 0.560. The number of likely N-dealkylation sites (N-methyl/N-ethyl adjacent to an activating group) is 1. The number of hydrogen-bond acceptors (Lipinski definition) is 6. The van der Waals surface area contributed by atoms with Crippen molar-refractivity contribution < 1.29 is 19.1 Å². The molecule has 3 heterocycles. The van der Waals surface area contributed by atoms with Crippen LogP contribution in [-0.4, -0.2) is 59.8 Å². The van der Waals surface area contributed by atoms with Crippen LogP contribution in [0.5, 0.6) is 11.5 Å². The number of aromatic nitrogens is 1. The van der Waals surface area contributed by atoms with E-state index in [9.17, 15) is 14.4 Å². The zero-order chi connectivity index (χ0) is 24.4. The Morgan fingerprint density at radius 1 is 1.15 bits per heavy atom. The smallest absolute Gasteiger partial charge is 0.257 e. The van der Waals surface area contributed by atoms with E-state index in [4.69, 9.17) is 9.47 Å². The molecule has 0 bridgehead atoms. The van der Waals surface area contributed by atoms with Crippen molar-refractivity contribution in [1.29, 1.82) is 0 Å². The van der Waals surface area contributed by atoms with Crippen LogP contribution in [0.25, 0.3) is 10.9 Å². The number of amides is 2. The van der Waals surface area contributed by atoms with Gasteiger partial charge in [0.05, 0.1) is 10.9 Å². The molecule has 0 radical (unpaired) electrons. The number of ether oxygens (including phenoxy) is 2. The maximum Gasteiger partial charge on any atom is 0.257 e. The molecule has 1 aromatic heterocycles. The van der Waals surface area contributed by atoms with Crippen LogP contribution in [0.2, 0.25) is 0 Å². The highest BCUT2D eigenvalue weighted by atomic mass is 16.7. The number of nitrogens with one attached hydrogen (secondary N) is 2. The van der Waals surface area contributed by atoms with Crippen LogP contribution in [0, 0.1) is 5.92 Å². The van der Waals surface area contributed by atoms with Gasteiger partial charge in [-0.2, -0.15) is 0 Å². The Hall–Kier alpha value is -3.07. The number of likely N-dealkylation sites (tertiary alicyclic amines) is 1. The van der Waals surface area contributed by atoms with Crippen molar-refractivity contribution in [2.75, 3.05) is 26.4 Å². The SMILES string of the molecule is CCN1CCCC1CNC(=O)[C@@H](NC(=O)c1cn(CC)c2cc3c(cc2c1=O)OCO3)C(C)C. The Balaban J connectivity index is 1.55. The predicted molar refractivity (Wildman–Crippen MR) is 129 cm³/mol. The normalized spacial score (nSPS) is 18.4. The minimum Gasteiger partial charge on any atom is -0.454 e. The Morgan fingerprint density at radius 3 is 2.56 bits per heavy atom. The van der Waals surface area contributed by atoms with Crippen molar-refractivity contribution in [2.45, 2.75) is 59.2 Å². The van der Waals surface area contributed by atoms with E-state index < -0.39 is 17.4 Å². The van der Waals surface area contributed by atoms with Gasteiger partial charge in [0.2, 0.25) is 18.1 Å². The van der Waals surface area contributed by atoms with Gasteiger partial charge in [0.25, 0.3) is 5.91 Å². The number of carbonyl (C=O) groups is 2. The minimum absolute atomic E-state index is 0.000355. The van der Waals surface area contributed by atoms with Gasteiger partial charge in [-0.15, -0.1) is 0 Å². The van der Waals surface area contributed by atoms with E-state index in [1.807, 2.05) is 25.3 Å². The monoisotopic (exact) mass is 470 g/mol. The zero-order valence-electron chi connectivity index (χ0n) is 20.3. The first-order valence-corrected chi connectivity index (χ1v) is 12.1. The Labute approximate surface area is 199 Å². The summed E-state index contributed by atoms with van der Waals surface area (Å²) in [4.78, 5) is 41.8. The summed E-state index contributed by atoms with van der Waals surface area (Å²) in [6.07, 6.45) is 3.73. The van der Waals surface area contributed by atoms with Gasteiger partial charge in [0.1, 0.15) is 11.6 Å². The Morgan fingerprint density at radius 2 is 1.88 bits per heavy atom. The zero-order valence-corrected chi connectivity index (χ0v) is 20.3. The molecular weight excluding hydrogens is 436 g/mol. The molecule has 2 aliphatic heterocycles. The second-order valence-corrected chi connectivity index (χ2v) is 9.25. The van der Waals surface area contributed by atoms with Gasteiger partial charge in [-0.05, 0) is 44.8 Å². The molecule has 184 valence electrons. The van der Waals surface area contributed by atoms with Crippen LogP contribution in [-0.2, 0) is 11.3 Å². The fourth-order valence-corrected chi connectivity index (χ4v) is 4.83. The summed E-state index contributed by atoms with van der Waals surface area (Å²) in [5.74, 6) is 0.129. The molecule has 34 heavy (non-hydrogen) atoms. The first kappa shape index (κ1) is 24.1. The number of hydrogen-bond donors (Lipinski definition) is 2. The summed E-state index contributed by atoms with van der Waals surface area (Å²) in [5, 5.41) is 6.20. The second kappa shape index (κ2) is 10.0. The molecule has 2 aromatic rings. The summed E-state index contributed by atoms with van der Waals surface area (Å²) < 4.78 is 12.7. The molecular formula is C25H34N4O5. The lowest BCUT2D eigenvalue weighted by atomic mass is 10.0. The molecule has 2 atom stereocenters. The lowest BCUT2D eigenvalue weighted by Gasteiger charge is -2.26. The van der Waals surface area contributed by atoms with Crippen LogP contribution < -0.4 is 25.5 Å². The lowest BCUT2D eigenvalue weighted by molar-refractivity contribution is -0.124. The molecule has 0 aliphatic carbocycles. The molecule has 9 heteroatoms. The molecule has 0 spiro atoms. The molecule has 4 rings (SSSR count). The molecule has 1 unspecified atom stereocenters. The van der Waals surface area contributed by atoms with E-state index in [-0.39, 0.29) is 24.2 Å².